The van der Waals surface area contributed by atoms with Crippen molar-refractivity contribution in [3.8, 4) is 5.75 Å². The van der Waals surface area contributed by atoms with E-state index in [2.05, 4.69) is 24.9 Å². The molecule has 0 atom stereocenters. The topological polar surface area (TPSA) is 21.3 Å². The Labute approximate surface area is 85.6 Å². The lowest BCUT2D eigenvalue weighted by Crippen LogP contribution is -2.05. The lowest BCUT2D eigenvalue weighted by atomic mass is 10.2. The molecule has 0 amide bonds. The molecular weight excluding hydrogens is 174 g/mol. The summed E-state index contributed by atoms with van der Waals surface area (Å²) in [5, 5.41) is 3.31. The first-order valence-corrected chi connectivity index (χ1v) is 4.67. The van der Waals surface area contributed by atoms with Crippen molar-refractivity contribution >= 4 is 5.69 Å². The van der Waals surface area contributed by atoms with E-state index in [1.165, 1.54) is 5.56 Å². The Kier molecular flexibility index (Phi) is 3.57. The quantitative estimate of drug-likeness (QED) is 0.739. The number of ether oxygens (including phenoxy) is 1. The molecule has 0 heterocycles. The highest BCUT2D eigenvalue weighted by Gasteiger charge is 2.04. The van der Waals surface area contributed by atoms with Crippen LogP contribution in [0.2, 0.25) is 0 Å². The van der Waals surface area contributed by atoms with Crippen molar-refractivity contribution in [2.24, 2.45) is 0 Å². The smallest absolute Gasteiger partial charge is 0.142 e. The average Bonchev–Trinajstić information content (AvgIpc) is 2.15. The van der Waals surface area contributed by atoms with Crippen LogP contribution in [-0.4, -0.2) is 13.7 Å². The number of methoxy groups -OCH3 is 1. The minimum Gasteiger partial charge on any atom is -0.495 e. The van der Waals surface area contributed by atoms with Crippen molar-refractivity contribution in [3.05, 3.63) is 35.9 Å². The standard InChI is InChI=1S/C12H17NO/c1-9(2)8-13-12-10(3)6-5-7-11(12)14-4/h5-7,13H,1,8H2,2-4H3. The van der Waals surface area contributed by atoms with E-state index in [4.69, 9.17) is 4.74 Å². The van der Waals surface area contributed by atoms with Gasteiger partial charge in [0.05, 0.1) is 12.8 Å². The molecule has 0 aromatic heterocycles. The van der Waals surface area contributed by atoms with Gasteiger partial charge in [-0.25, -0.2) is 0 Å². The van der Waals surface area contributed by atoms with E-state index >= 15 is 0 Å². The van der Waals surface area contributed by atoms with Crippen LogP contribution in [0.1, 0.15) is 12.5 Å². The number of rotatable bonds is 4. The van der Waals surface area contributed by atoms with Crippen LogP contribution in [0.25, 0.3) is 0 Å². The molecule has 1 aromatic carbocycles. The van der Waals surface area contributed by atoms with Crippen molar-refractivity contribution < 1.29 is 4.74 Å². The Hall–Kier alpha value is -1.44. The Bertz CT molecular complexity index is 331. The lowest BCUT2D eigenvalue weighted by Gasteiger charge is -2.13. The van der Waals surface area contributed by atoms with Gasteiger partial charge in [0.1, 0.15) is 5.75 Å². The van der Waals surface area contributed by atoms with Gasteiger partial charge >= 0.3 is 0 Å². The highest BCUT2D eigenvalue weighted by Crippen LogP contribution is 2.27. The van der Waals surface area contributed by atoms with Gasteiger partial charge in [-0.2, -0.15) is 0 Å². The first kappa shape index (κ1) is 10.6. The van der Waals surface area contributed by atoms with Crippen LogP contribution in [0, 0.1) is 6.92 Å². The van der Waals surface area contributed by atoms with Crippen LogP contribution in [0.5, 0.6) is 5.75 Å². The number of hydrogen-bond acceptors (Lipinski definition) is 2. The summed E-state index contributed by atoms with van der Waals surface area (Å²) in [6.07, 6.45) is 0. The molecule has 0 aliphatic rings. The number of benzene rings is 1. The molecule has 0 spiro atoms. The fourth-order valence-electron chi connectivity index (χ4n) is 1.28. The SMILES string of the molecule is C=C(C)CNc1c(C)cccc1OC. The van der Waals surface area contributed by atoms with Crippen LogP contribution in [0.15, 0.2) is 30.4 Å². The molecule has 1 aromatic rings. The maximum atomic E-state index is 5.27. The second-order valence-corrected chi connectivity index (χ2v) is 3.46. The zero-order valence-electron chi connectivity index (χ0n) is 9.05. The first-order chi connectivity index (χ1) is 6.65. The first-order valence-electron chi connectivity index (χ1n) is 4.67. The number of aryl methyl sites for hydroxylation is 1. The third kappa shape index (κ3) is 2.52. The molecule has 0 unspecified atom stereocenters. The van der Waals surface area contributed by atoms with Gasteiger partial charge in [-0.1, -0.05) is 24.3 Å². The van der Waals surface area contributed by atoms with E-state index in [0.29, 0.717) is 0 Å². The molecule has 0 radical (unpaired) electrons. The summed E-state index contributed by atoms with van der Waals surface area (Å²) in [5.74, 6) is 0.881. The summed E-state index contributed by atoms with van der Waals surface area (Å²) >= 11 is 0. The fraction of sp³-hybridized carbons (Fsp3) is 0.333. The molecule has 2 heteroatoms. The van der Waals surface area contributed by atoms with Crippen LogP contribution < -0.4 is 10.1 Å². The van der Waals surface area contributed by atoms with Gasteiger partial charge in [-0.15, -0.1) is 0 Å². The second kappa shape index (κ2) is 4.70. The minimum absolute atomic E-state index is 0.779. The molecule has 0 fully saturated rings. The Balaban J connectivity index is 2.87. The van der Waals surface area contributed by atoms with Crippen LogP contribution >= 0.6 is 0 Å². The van der Waals surface area contributed by atoms with E-state index in [9.17, 15) is 0 Å². The molecular formula is C12H17NO. The second-order valence-electron chi connectivity index (χ2n) is 3.46. The van der Waals surface area contributed by atoms with Crippen LogP contribution in [-0.2, 0) is 0 Å². The molecule has 0 aliphatic carbocycles. The summed E-state index contributed by atoms with van der Waals surface area (Å²) in [6, 6.07) is 6.00. The molecule has 0 saturated carbocycles. The number of hydrogen-bond donors (Lipinski definition) is 1. The van der Waals surface area contributed by atoms with Crippen molar-refractivity contribution in [1.82, 2.24) is 0 Å². The largest absolute Gasteiger partial charge is 0.495 e. The van der Waals surface area contributed by atoms with Crippen LogP contribution in [0.4, 0.5) is 5.69 Å². The summed E-state index contributed by atoms with van der Waals surface area (Å²) in [7, 11) is 1.68. The van der Waals surface area contributed by atoms with Crippen molar-refractivity contribution in [2.75, 3.05) is 19.0 Å². The molecule has 0 aliphatic heterocycles. The van der Waals surface area contributed by atoms with Gasteiger partial charge in [0.25, 0.3) is 0 Å². The van der Waals surface area contributed by atoms with Gasteiger partial charge in [0.15, 0.2) is 0 Å². The predicted octanol–water partition coefficient (Wildman–Crippen LogP) is 2.99. The van der Waals surface area contributed by atoms with Gasteiger partial charge in [-0.05, 0) is 25.5 Å². The van der Waals surface area contributed by atoms with Crippen molar-refractivity contribution in [3.63, 3.8) is 0 Å². The number of nitrogens with one attached hydrogen (secondary N) is 1. The van der Waals surface area contributed by atoms with E-state index in [1.807, 2.05) is 19.1 Å². The Morgan fingerprint density at radius 2 is 2.21 bits per heavy atom. The Morgan fingerprint density at radius 1 is 1.50 bits per heavy atom. The predicted molar refractivity (Wildman–Crippen MR) is 61.0 cm³/mol. The van der Waals surface area contributed by atoms with Crippen LogP contribution in [0.3, 0.4) is 0 Å². The van der Waals surface area contributed by atoms with Gasteiger partial charge < -0.3 is 10.1 Å². The normalized spacial score (nSPS) is 9.64. The number of para-hydroxylation sites is 1. The fourth-order valence-corrected chi connectivity index (χ4v) is 1.28. The third-order valence-corrected chi connectivity index (χ3v) is 2.02. The molecule has 1 N–H and O–H groups in total. The molecule has 76 valence electrons. The summed E-state index contributed by atoms with van der Waals surface area (Å²) < 4.78 is 5.27. The van der Waals surface area contributed by atoms with Gasteiger partial charge in [0, 0.05) is 6.54 Å². The van der Waals surface area contributed by atoms with Crippen molar-refractivity contribution in [2.45, 2.75) is 13.8 Å². The monoisotopic (exact) mass is 191 g/mol. The third-order valence-electron chi connectivity index (χ3n) is 2.02. The molecule has 14 heavy (non-hydrogen) atoms. The molecule has 2 nitrogen and oxygen atoms in total. The molecule has 0 bridgehead atoms. The molecule has 0 saturated heterocycles. The van der Waals surface area contributed by atoms with Crippen molar-refractivity contribution in [1.29, 1.82) is 0 Å². The van der Waals surface area contributed by atoms with E-state index < -0.39 is 0 Å². The maximum Gasteiger partial charge on any atom is 0.142 e. The summed E-state index contributed by atoms with van der Waals surface area (Å²) in [6.45, 7) is 8.69. The highest BCUT2D eigenvalue weighted by molar-refractivity contribution is 5.62. The minimum atomic E-state index is 0.779. The zero-order chi connectivity index (χ0) is 10.6. The Morgan fingerprint density at radius 3 is 2.79 bits per heavy atom. The van der Waals surface area contributed by atoms with E-state index in [-0.39, 0.29) is 0 Å². The highest BCUT2D eigenvalue weighted by atomic mass is 16.5. The average molecular weight is 191 g/mol. The number of anilines is 1. The lowest BCUT2D eigenvalue weighted by molar-refractivity contribution is 0.416. The zero-order valence-corrected chi connectivity index (χ0v) is 9.05. The summed E-state index contributed by atoms with van der Waals surface area (Å²) in [4.78, 5) is 0. The van der Waals surface area contributed by atoms with E-state index in [1.54, 1.807) is 7.11 Å². The molecule has 1 rings (SSSR count). The van der Waals surface area contributed by atoms with Gasteiger partial charge in [-0.3, -0.25) is 0 Å². The van der Waals surface area contributed by atoms with Gasteiger partial charge in [0.2, 0.25) is 0 Å². The van der Waals surface area contributed by atoms with E-state index in [0.717, 1.165) is 23.6 Å². The summed E-state index contributed by atoms with van der Waals surface area (Å²) in [5.41, 5.74) is 3.35. The maximum absolute atomic E-state index is 5.27.